The maximum absolute atomic E-state index is 11.8. The minimum absolute atomic E-state index is 0.0327. The molecule has 1 aliphatic carbocycles. The van der Waals surface area contributed by atoms with E-state index in [1.165, 1.54) is 24.3 Å². The summed E-state index contributed by atoms with van der Waals surface area (Å²) in [6, 6.07) is 13.6. The highest BCUT2D eigenvalue weighted by molar-refractivity contribution is 6.08. The van der Waals surface area contributed by atoms with Crippen molar-refractivity contribution in [1.29, 1.82) is 5.41 Å². The molecule has 28 heavy (non-hydrogen) atoms. The first-order chi connectivity index (χ1) is 13.3. The number of carboxylic acid groups (broad SMARTS) is 2. The summed E-state index contributed by atoms with van der Waals surface area (Å²) >= 11 is 0. The van der Waals surface area contributed by atoms with Crippen LogP contribution in [-0.4, -0.2) is 22.2 Å². The number of rotatable bonds is 3. The monoisotopic (exact) mass is 374 g/mol. The Hall–Kier alpha value is -4.13. The highest BCUT2D eigenvalue weighted by atomic mass is 16.4. The topological polar surface area (TPSA) is 138 Å². The van der Waals surface area contributed by atoms with Gasteiger partial charge in [0.2, 0.25) is 0 Å². The van der Waals surface area contributed by atoms with Crippen LogP contribution in [0.25, 0.3) is 33.4 Å². The quantitative estimate of drug-likeness (QED) is 0.319. The third-order valence-electron chi connectivity index (χ3n) is 4.51. The van der Waals surface area contributed by atoms with E-state index in [9.17, 15) is 19.8 Å². The van der Waals surface area contributed by atoms with Gasteiger partial charge in [-0.15, -0.1) is 0 Å². The number of nitrogens with two attached hydrogens (primary N) is 1. The molecule has 0 saturated heterocycles. The van der Waals surface area contributed by atoms with Gasteiger partial charge in [-0.2, -0.15) is 0 Å². The Bertz CT molecular complexity index is 1310. The van der Waals surface area contributed by atoms with E-state index in [0.29, 0.717) is 33.5 Å². The summed E-state index contributed by atoms with van der Waals surface area (Å²) in [6.45, 7) is 0. The Kier molecular flexibility index (Phi) is 3.85. The molecule has 2 aliphatic rings. The molecule has 2 aromatic carbocycles. The van der Waals surface area contributed by atoms with Crippen LogP contribution in [0.3, 0.4) is 0 Å². The fraction of sp³-hybridized carbons (Fsp3) is 0. The van der Waals surface area contributed by atoms with Crippen molar-refractivity contribution in [3.8, 4) is 22.5 Å². The summed E-state index contributed by atoms with van der Waals surface area (Å²) in [6.07, 6.45) is 0. The number of anilines is 1. The van der Waals surface area contributed by atoms with Crippen molar-refractivity contribution >= 4 is 28.6 Å². The number of aromatic carboxylic acids is 2. The van der Waals surface area contributed by atoms with Crippen molar-refractivity contribution in [1.82, 2.24) is 0 Å². The van der Waals surface area contributed by atoms with Crippen molar-refractivity contribution in [3.05, 3.63) is 71.1 Å². The summed E-state index contributed by atoms with van der Waals surface area (Å²) in [5.41, 5.74) is 7.99. The Balaban J connectivity index is 2.22. The van der Waals surface area contributed by atoms with Gasteiger partial charge >= 0.3 is 11.9 Å². The molecule has 0 aromatic heterocycles. The number of hydrogen-bond donors (Lipinski definition) is 4. The molecule has 0 amide bonds. The summed E-state index contributed by atoms with van der Waals surface area (Å²) in [4.78, 5) is 23.3. The van der Waals surface area contributed by atoms with Crippen LogP contribution in [0, 0.1) is 5.41 Å². The highest BCUT2D eigenvalue weighted by Crippen LogP contribution is 2.41. The molecule has 1 heterocycles. The Morgan fingerprint density at radius 3 is 2.39 bits per heavy atom. The average Bonchev–Trinajstić information content (AvgIpc) is 2.65. The molecule has 1 aliphatic heterocycles. The highest BCUT2D eigenvalue weighted by Gasteiger charge is 2.22. The number of hydrogen-bond acceptors (Lipinski definition) is 5. The van der Waals surface area contributed by atoms with E-state index in [1.54, 1.807) is 30.3 Å². The Morgan fingerprint density at radius 2 is 1.68 bits per heavy atom. The fourth-order valence-corrected chi connectivity index (χ4v) is 3.27. The van der Waals surface area contributed by atoms with Crippen molar-refractivity contribution < 1.29 is 24.2 Å². The zero-order valence-electron chi connectivity index (χ0n) is 14.4. The van der Waals surface area contributed by atoms with Gasteiger partial charge in [-0.1, -0.05) is 0 Å². The number of fused-ring (bicyclic) bond motifs is 2. The Labute approximate surface area is 158 Å². The smallest absolute Gasteiger partial charge is 0.336 e. The van der Waals surface area contributed by atoms with Gasteiger partial charge in [-0.3, -0.25) is 0 Å². The van der Waals surface area contributed by atoms with Crippen LogP contribution in [0.15, 0.2) is 59.0 Å². The zero-order chi connectivity index (χ0) is 20.0. The van der Waals surface area contributed by atoms with Gasteiger partial charge < -0.3 is 25.8 Å². The van der Waals surface area contributed by atoms with Crippen LogP contribution in [0.4, 0.5) is 5.69 Å². The molecule has 138 valence electrons. The minimum Gasteiger partial charge on any atom is -0.478 e. The summed E-state index contributed by atoms with van der Waals surface area (Å²) in [5.74, 6) is -1.97. The molecule has 5 N–H and O–H groups in total. The van der Waals surface area contributed by atoms with Crippen LogP contribution in [-0.2, 0) is 0 Å². The maximum atomic E-state index is 11.8. The molecule has 0 saturated carbocycles. The van der Waals surface area contributed by atoms with Crippen LogP contribution in [0.1, 0.15) is 20.7 Å². The second kappa shape index (κ2) is 6.24. The molecule has 7 heteroatoms. The van der Waals surface area contributed by atoms with E-state index >= 15 is 0 Å². The SMILES string of the molecule is N=c1ccc2c(-c3cc(C(=O)O)ccc3C(=O)O)c3ccc(N)cc3oc-2c1. The van der Waals surface area contributed by atoms with Gasteiger partial charge in [0, 0.05) is 34.3 Å². The number of nitrogen functional groups attached to an aromatic ring is 1. The van der Waals surface area contributed by atoms with Crippen molar-refractivity contribution in [2.45, 2.75) is 0 Å². The van der Waals surface area contributed by atoms with Crippen molar-refractivity contribution in [2.24, 2.45) is 0 Å². The second-order valence-electron chi connectivity index (χ2n) is 6.31. The number of carboxylic acids is 2. The van der Waals surface area contributed by atoms with E-state index in [-0.39, 0.29) is 22.0 Å². The van der Waals surface area contributed by atoms with E-state index < -0.39 is 11.9 Å². The standard InChI is InChI=1S/C21H14N2O5/c22-11-2-5-14-17(8-11)28-18-9-12(23)3-6-15(18)19(14)16-7-10(20(24)25)1-4-13(16)21(26)27/h1-9,22H,23H2,(H,24,25)(H,26,27). The first-order valence-electron chi connectivity index (χ1n) is 8.27. The number of benzene rings is 3. The average molecular weight is 374 g/mol. The van der Waals surface area contributed by atoms with Crippen molar-refractivity contribution in [2.75, 3.05) is 5.73 Å². The molecule has 0 radical (unpaired) electrons. The summed E-state index contributed by atoms with van der Waals surface area (Å²) in [7, 11) is 0. The third-order valence-corrected chi connectivity index (χ3v) is 4.51. The van der Waals surface area contributed by atoms with E-state index in [2.05, 4.69) is 0 Å². The first-order valence-corrected chi connectivity index (χ1v) is 8.27. The maximum Gasteiger partial charge on any atom is 0.336 e. The molecule has 0 spiro atoms. The lowest BCUT2D eigenvalue weighted by Gasteiger charge is -2.17. The largest absolute Gasteiger partial charge is 0.478 e. The lowest BCUT2D eigenvalue weighted by Crippen LogP contribution is -2.06. The van der Waals surface area contributed by atoms with Gasteiger partial charge in [0.15, 0.2) is 0 Å². The molecule has 0 unspecified atom stereocenters. The molecule has 4 rings (SSSR count). The lowest BCUT2D eigenvalue weighted by atomic mass is 9.89. The van der Waals surface area contributed by atoms with E-state index in [1.807, 2.05) is 0 Å². The molecular formula is C21H14N2O5. The first kappa shape index (κ1) is 17.3. The fourth-order valence-electron chi connectivity index (χ4n) is 3.27. The molecule has 7 nitrogen and oxygen atoms in total. The minimum atomic E-state index is -1.18. The third kappa shape index (κ3) is 2.75. The van der Waals surface area contributed by atoms with E-state index in [4.69, 9.17) is 15.6 Å². The molecule has 2 aromatic rings. The predicted molar refractivity (Wildman–Crippen MR) is 102 cm³/mol. The molecule has 0 bridgehead atoms. The molecular weight excluding hydrogens is 360 g/mol. The van der Waals surface area contributed by atoms with Gasteiger partial charge in [0.05, 0.1) is 16.5 Å². The van der Waals surface area contributed by atoms with E-state index in [0.717, 1.165) is 0 Å². The number of carbonyl (C=O) groups is 2. The van der Waals surface area contributed by atoms with Crippen molar-refractivity contribution in [3.63, 3.8) is 0 Å². The number of nitrogens with one attached hydrogen (secondary N) is 1. The van der Waals surface area contributed by atoms with Crippen LogP contribution < -0.4 is 11.1 Å². The molecule has 0 atom stereocenters. The van der Waals surface area contributed by atoms with Gasteiger partial charge in [-0.25, -0.2) is 9.59 Å². The summed E-state index contributed by atoms with van der Waals surface area (Å²) < 4.78 is 5.88. The normalized spacial score (nSPS) is 11.0. The Morgan fingerprint density at radius 1 is 0.893 bits per heavy atom. The van der Waals surface area contributed by atoms with Gasteiger partial charge in [0.25, 0.3) is 0 Å². The summed E-state index contributed by atoms with van der Waals surface area (Å²) in [5, 5.41) is 27.7. The molecule has 0 fully saturated rings. The lowest BCUT2D eigenvalue weighted by molar-refractivity contribution is 0.0682. The van der Waals surface area contributed by atoms with Crippen LogP contribution in [0.5, 0.6) is 0 Å². The predicted octanol–water partition coefficient (Wildman–Crippen LogP) is 3.66. The van der Waals surface area contributed by atoms with Gasteiger partial charge in [0.1, 0.15) is 11.3 Å². The van der Waals surface area contributed by atoms with Crippen LogP contribution in [0.2, 0.25) is 0 Å². The van der Waals surface area contributed by atoms with Crippen LogP contribution >= 0.6 is 0 Å². The van der Waals surface area contributed by atoms with Gasteiger partial charge in [-0.05, 0) is 48.0 Å². The second-order valence-corrected chi connectivity index (χ2v) is 6.31. The zero-order valence-corrected chi connectivity index (χ0v) is 14.4.